The number of nitrogens with two attached hydrogens (primary N) is 1. The summed E-state index contributed by atoms with van der Waals surface area (Å²) in [6, 6.07) is 8.50. The van der Waals surface area contributed by atoms with E-state index in [-0.39, 0.29) is 0 Å². The van der Waals surface area contributed by atoms with Crippen LogP contribution in [-0.4, -0.2) is 13.2 Å². The molecule has 1 unspecified atom stereocenters. The number of ether oxygens (including phenoxy) is 1. The van der Waals surface area contributed by atoms with Gasteiger partial charge in [0.2, 0.25) is 0 Å². The zero-order valence-corrected chi connectivity index (χ0v) is 10.2. The van der Waals surface area contributed by atoms with Crippen molar-refractivity contribution in [3.8, 4) is 5.75 Å². The van der Waals surface area contributed by atoms with Crippen molar-refractivity contribution >= 4 is 0 Å². The monoisotopic (exact) mass is 222 g/mol. The summed E-state index contributed by atoms with van der Waals surface area (Å²) in [5.74, 6) is 6.46. The molecule has 0 bridgehead atoms. The van der Waals surface area contributed by atoms with E-state index in [1.54, 1.807) is 7.11 Å². The van der Waals surface area contributed by atoms with Gasteiger partial charge >= 0.3 is 0 Å². The van der Waals surface area contributed by atoms with Gasteiger partial charge in [0.25, 0.3) is 0 Å². The largest absolute Gasteiger partial charge is 0.497 e. The number of methoxy groups -OCH3 is 1. The van der Waals surface area contributed by atoms with Gasteiger partial charge in [-0.15, -0.1) is 0 Å². The van der Waals surface area contributed by atoms with Crippen LogP contribution in [0.4, 0.5) is 0 Å². The lowest BCUT2D eigenvalue weighted by molar-refractivity contribution is 0.413. The van der Waals surface area contributed by atoms with Crippen LogP contribution in [0.1, 0.15) is 31.7 Å². The Labute approximate surface area is 98.0 Å². The fourth-order valence-corrected chi connectivity index (χ4v) is 1.78. The molecule has 0 spiro atoms. The molecule has 3 heteroatoms. The first-order valence-electron chi connectivity index (χ1n) is 5.89. The normalized spacial score (nSPS) is 12.4. The second kappa shape index (κ2) is 7.25. The number of nitrogens with one attached hydrogen (secondary N) is 1. The molecule has 1 atom stereocenters. The number of unbranched alkanes of at least 4 members (excludes halogenated alkanes) is 1. The number of hydrogen-bond acceptors (Lipinski definition) is 3. The minimum Gasteiger partial charge on any atom is -0.497 e. The van der Waals surface area contributed by atoms with Crippen LogP contribution in [0.5, 0.6) is 5.75 Å². The molecule has 0 saturated heterocycles. The average molecular weight is 222 g/mol. The molecule has 0 saturated carbocycles. The van der Waals surface area contributed by atoms with Crippen LogP contribution in [0.3, 0.4) is 0 Å². The van der Waals surface area contributed by atoms with Gasteiger partial charge in [-0.05, 0) is 30.5 Å². The fraction of sp³-hybridized carbons (Fsp3) is 0.538. The fourth-order valence-electron chi connectivity index (χ4n) is 1.78. The molecule has 0 aromatic heterocycles. The van der Waals surface area contributed by atoms with Gasteiger partial charge in [0, 0.05) is 6.04 Å². The standard InChI is InChI=1S/C13H22N2O/c1-3-4-7-12(15-14)9-11-6-5-8-13(10-11)16-2/h5-6,8,10,12,15H,3-4,7,9,14H2,1-2H3. The predicted molar refractivity (Wildman–Crippen MR) is 67.3 cm³/mol. The highest BCUT2D eigenvalue weighted by atomic mass is 16.5. The highest BCUT2D eigenvalue weighted by Gasteiger charge is 2.07. The van der Waals surface area contributed by atoms with Crippen molar-refractivity contribution < 1.29 is 4.74 Å². The molecular weight excluding hydrogens is 200 g/mol. The first kappa shape index (κ1) is 13.0. The lowest BCUT2D eigenvalue weighted by Gasteiger charge is -2.15. The van der Waals surface area contributed by atoms with Crippen LogP contribution in [0.15, 0.2) is 24.3 Å². The van der Waals surface area contributed by atoms with Crippen molar-refractivity contribution in [2.45, 2.75) is 38.6 Å². The summed E-state index contributed by atoms with van der Waals surface area (Å²) in [7, 11) is 1.69. The molecular formula is C13H22N2O. The van der Waals surface area contributed by atoms with E-state index in [9.17, 15) is 0 Å². The second-order valence-electron chi connectivity index (χ2n) is 4.06. The number of hydrazine groups is 1. The zero-order valence-electron chi connectivity index (χ0n) is 10.2. The van der Waals surface area contributed by atoms with Crippen LogP contribution in [0.25, 0.3) is 0 Å². The van der Waals surface area contributed by atoms with E-state index in [4.69, 9.17) is 10.6 Å². The topological polar surface area (TPSA) is 47.3 Å². The van der Waals surface area contributed by atoms with Gasteiger partial charge in [-0.2, -0.15) is 0 Å². The summed E-state index contributed by atoms with van der Waals surface area (Å²) in [5, 5.41) is 0. The van der Waals surface area contributed by atoms with E-state index in [0.717, 1.165) is 18.6 Å². The lowest BCUT2D eigenvalue weighted by Crippen LogP contribution is -2.36. The summed E-state index contributed by atoms with van der Waals surface area (Å²) in [6.45, 7) is 2.19. The minimum absolute atomic E-state index is 0.354. The highest BCUT2D eigenvalue weighted by molar-refractivity contribution is 5.28. The van der Waals surface area contributed by atoms with Crippen LogP contribution in [0.2, 0.25) is 0 Å². The molecule has 0 aliphatic carbocycles. The van der Waals surface area contributed by atoms with Crippen LogP contribution >= 0.6 is 0 Å². The van der Waals surface area contributed by atoms with Crippen molar-refractivity contribution in [2.24, 2.45) is 5.84 Å². The zero-order chi connectivity index (χ0) is 11.8. The first-order chi connectivity index (χ1) is 7.80. The second-order valence-corrected chi connectivity index (χ2v) is 4.06. The molecule has 3 nitrogen and oxygen atoms in total. The minimum atomic E-state index is 0.354. The molecule has 0 fully saturated rings. The molecule has 1 aromatic carbocycles. The number of benzene rings is 1. The Morgan fingerprint density at radius 3 is 2.88 bits per heavy atom. The van der Waals surface area contributed by atoms with Crippen LogP contribution < -0.4 is 16.0 Å². The Hall–Kier alpha value is -1.06. The van der Waals surface area contributed by atoms with Crippen molar-refractivity contribution in [3.05, 3.63) is 29.8 Å². The summed E-state index contributed by atoms with van der Waals surface area (Å²) in [6.07, 6.45) is 4.48. The molecule has 90 valence electrons. The average Bonchev–Trinajstić information content (AvgIpc) is 2.34. The Morgan fingerprint density at radius 2 is 2.25 bits per heavy atom. The molecule has 16 heavy (non-hydrogen) atoms. The third-order valence-electron chi connectivity index (χ3n) is 2.76. The molecule has 1 aromatic rings. The Balaban J connectivity index is 2.55. The van der Waals surface area contributed by atoms with E-state index >= 15 is 0 Å². The van der Waals surface area contributed by atoms with Crippen LogP contribution in [-0.2, 0) is 6.42 Å². The molecule has 0 radical (unpaired) electrons. The molecule has 1 rings (SSSR count). The molecule has 0 heterocycles. The Morgan fingerprint density at radius 1 is 1.44 bits per heavy atom. The maximum absolute atomic E-state index is 5.55. The van der Waals surface area contributed by atoms with Crippen molar-refractivity contribution in [1.82, 2.24) is 5.43 Å². The maximum atomic E-state index is 5.55. The number of rotatable bonds is 7. The Kier molecular flexibility index (Phi) is 5.90. The predicted octanol–water partition coefficient (Wildman–Crippen LogP) is 2.26. The van der Waals surface area contributed by atoms with Crippen LogP contribution in [0, 0.1) is 0 Å². The van der Waals surface area contributed by atoms with Gasteiger partial charge in [0.1, 0.15) is 5.75 Å². The van der Waals surface area contributed by atoms with E-state index in [1.165, 1.54) is 18.4 Å². The van der Waals surface area contributed by atoms with Crippen molar-refractivity contribution in [1.29, 1.82) is 0 Å². The van der Waals surface area contributed by atoms with Gasteiger partial charge in [-0.25, -0.2) is 0 Å². The highest BCUT2D eigenvalue weighted by Crippen LogP contribution is 2.15. The van der Waals surface area contributed by atoms with Gasteiger partial charge in [-0.1, -0.05) is 31.9 Å². The number of hydrogen-bond donors (Lipinski definition) is 2. The van der Waals surface area contributed by atoms with Crippen molar-refractivity contribution in [3.63, 3.8) is 0 Å². The quantitative estimate of drug-likeness (QED) is 0.549. The molecule has 0 amide bonds. The summed E-state index contributed by atoms with van der Waals surface area (Å²) in [4.78, 5) is 0. The third-order valence-corrected chi connectivity index (χ3v) is 2.76. The Bertz CT molecular complexity index is 302. The maximum Gasteiger partial charge on any atom is 0.119 e. The molecule has 0 aliphatic heterocycles. The van der Waals surface area contributed by atoms with Gasteiger partial charge in [-0.3, -0.25) is 11.3 Å². The van der Waals surface area contributed by atoms with Crippen molar-refractivity contribution in [2.75, 3.05) is 7.11 Å². The summed E-state index contributed by atoms with van der Waals surface area (Å²) >= 11 is 0. The van der Waals surface area contributed by atoms with E-state index in [2.05, 4.69) is 24.5 Å². The summed E-state index contributed by atoms with van der Waals surface area (Å²) in [5.41, 5.74) is 4.14. The van der Waals surface area contributed by atoms with Gasteiger partial charge in [0.15, 0.2) is 0 Å². The van der Waals surface area contributed by atoms with E-state index < -0.39 is 0 Å². The van der Waals surface area contributed by atoms with E-state index in [0.29, 0.717) is 6.04 Å². The summed E-state index contributed by atoms with van der Waals surface area (Å²) < 4.78 is 5.20. The smallest absolute Gasteiger partial charge is 0.119 e. The van der Waals surface area contributed by atoms with Gasteiger partial charge in [0.05, 0.1) is 7.11 Å². The van der Waals surface area contributed by atoms with E-state index in [1.807, 2.05) is 12.1 Å². The first-order valence-corrected chi connectivity index (χ1v) is 5.89. The molecule has 3 N–H and O–H groups in total. The molecule has 0 aliphatic rings. The SMILES string of the molecule is CCCCC(Cc1cccc(OC)c1)NN. The van der Waals surface area contributed by atoms with Gasteiger partial charge < -0.3 is 4.74 Å². The third kappa shape index (κ3) is 4.21. The lowest BCUT2D eigenvalue weighted by atomic mass is 10.0.